The van der Waals surface area contributed by atoms with E-state index in [0.29, 0.717) is 12.1 Å². The van der Waals surface area contributed by atoms with E-state index in [9.17, 15) is 4.79 Å². The van der Waals surface area contributed by atoms with Crippen LogP contribution in [0.2, 0.25) is 0 Å². The van der Waals surface area contributed by atoms with Crippen LogP contribution in [0.25, 0.3) is 0 Å². The molecule has 2 rings (SSSR count). The fourth-order valence-electron chi connectivity index (χ4n) is 1.73. The van der Waals surface area contributed by atoms with E-state index in [4.69, 9.17) is 5.73 Å². The second-order valence-electron chi connectivity index (χ2n) is 4.20. The van der Waals surface area contributed by atoms with Crippen molar-refractivity contribution in [1.29, 1.82) is 0 Å². The van der Waals surface area contributed by atoms with Gasteiger partial charge in [-0.1, -0.05) is 12.1 Å². The van der Waals surface area contributed by atoms with Gasteiger partial charge in [0.25, 0.3) is 5.91 Å². The number of rotatable bonds is 4. The van der Waals surface area contributed by atoms with Crippen LogP contribution in [-0.2, 0) is 6.42 Å². The maximum atomic E-state index is 12.0. The Morgan fingerprint density at radius 2 is 1.68 bits per heavy atom. The van der Waals surface area contributed by atoms with Gasteiger partial charge in [0.1, 0.15) is 0 Å². The molecule has 0 aromatic heterocycles. The summed E-state index contributed by atoms with van der Waals surface area (Å²) in [6, 6.07) is 15.2. The Balaban J connectivity index is 2.04. The molecule has 0 saturated heterocycles. The molecular formula is C15H15IN2O. The number of hydrogen-bond acceptors (Lipinski definition) is 2. The van der Waals surface area contributed by atoms with Crippen molar-refractivity contribution in [2.45, 2.75) is 6.42 Å². The quantitative estimate of drug-likeness (QED) is 0.818. The predicted molar refractivity (Wildman–Crippen MR) is 86.3 cm³/mol. The first-order chi connectivity index (χ1) is 9.19. The third-order valence-corrected chi connectivity index (χ3v) is 3.47. The molecule has 3 nitrogen and oxygen atoms in total. The molecule has 0 spiro atoms. The van der Waals surface area contributed by atoms with Crippen LogP contribution in [0.4, 0.5) is 5.69 Å². The molecule has 19 heavy (non-hydrogen) atoms. The van der Waals surface area contributed by atoms with Crippen molar-refractivity contribution in [3.05, 3.63) is 63.2 Å². The Kier molecular flexibility index (Phi) is 4.93. The first kappa shape index (κ1) is 14.0. The summed E-state index contributed by atoms with van der Waals surface area (Å²) in [6.07, 6.45) is 0.853. The maximum Gasteiger partial charge on any atom is 0.255 e. The van der Waals surface area contributed by atoms with Gasteiger partial charge in [0, 0.05) is 14.8 Å². The van der Waals surface area contributed by atoms with Gasteiger partial charge < -0.3 is 11.1 Å². The number of nitrogens with two attached hydrogens (primary N) is 1. The second kappa shape index (κ2) is 6.68. The van der Waals surface area contributed by atoms with Crippen LogP contribution < -0.4 is 11.1 Å². The number of amides is 1. The molecule has 0 aliphatic carbocycles. The van der Waals surface area contributed by atoms with E-state index in [1.807, 2.05) is 48.5 Å². The summed E-state index contributed by atoms with van der Waals surface area (Å²) in [5.41, 5.74) is 8.13. The van der Waals surface area contributed by atoms with Gasteiger partial charge in [-0.15, -0.1) is 0 Å². The molecule has 1 amide bonds. The van der Waals surface area contributed by atoms with E-state index >= 15 is 0 Å². The van der Waals surface area contributed by atoms with Gasteiger partial charge in [0.2, 0.25) is 0 Å². The zero-order valence-corrected chi connectivity index (χ0v) is 12.6. The molecule has 0 bridgehead atoms. The van der Waals surface area contributed by atoms with Crippen LogP contribution in [-0.4, -0.2) is 12.5 Å². The summed E-state index contributed by atoms with van der Waals surface area (Å²) in [7, 11) is 0. The SMILES string of the molecule is NCCc1ccc(NC(=O)c2ccc(I)cc2)cc1. The first-order valence-electron chi connectivity index (χ1n) is 6.05. The lowest BCUT2D eigenvalue weighted by Gasteiger charge is -2.06. The molecule has 0 radical (unpaired) electrons. The number of anilines is 1. The first-order valence-corrected chi connectivity index (χ1v) is 7.13. The van der Waals surface area contributed by atoms with Crippen molar-refractivity contribution in [2.75, 3.05) is 11.9 Å². The predicted octanol–water partition coefficient (Wildman–Crippen LogP) is 3.04. The number of nitrogens with one attached hydrogen (secondary N) is 1. The van der Waals surface area contributed by atoms with Gasteiger partial charge in [0.15, 0.2) is 0 Å². The topological polar surface area (TPSA) is 55.1 Å². The van der Waals surface area contributed by atoms with Gasteiger partial charge >= 0.3 is 0 Å². The zero-order chi connectivity index (χ0) is 13.7. The highest BCUT2D eigenvalue weighted by Crippen LogP contribution is 2.12. The van der Waals surface area contributed by atoms with E-state index in [1.54, 1.807) is 0 Å². The second-order valence-corrected chi connectivity index (χ2v) is 5.44. The Morgan fingerprint density at radius 1 is 1.05 bits per heavy atom. The minimum atomic E-state index is -0.0945. The molecule has 0 aliphatic heterocycles. The molecule has 0 unspecified atom stereocenters. The van der Waals surface area contributed by atoms with Gasteiger partial charge in [-0.3, -0.25) is 4.79 Å². The van der Waals surface area contributed by atoms with Gasteiger partial charge in [-0.2, -0.15) is 0 Å². The summed E-state index contributed by atoms with van der Waals surface area (Å²) >= 11 is 2.21. The Labute approximate surface area is 126 Å². The van der Waals surface area contributed by atoms with Crippen molar-refractivity contribution in [1.82, 2.24) is 0 Å². The smallest absolute Gasteiger partial charge is 0.255 e. The van der Waals surface area contributed by atoms with Crippen molar-refractivity contribution in [2.24, 2.45) is 5.73 Å². The van der Waals surface area contributed by atoms with Gasteiger partial charge in [-0.25, -0.2) is 0 Å². The number of hydrogen-bond donors (Lipinski definition) is 2. The average molecular weight is 366 g/mol. The van der Waals surface area contributed by atoms with Crippen molar-refractivity contribution >= 4 is 34.2 Å². The molecule has 0 atom stereocenters. The zero-order valence-electron chi connectivity index (χ0n) is 10.4. The normalized spacial score (nSPS) is 10.2. The summed E-state index contributed by atoms with van der Waals surface area (Å²) in [5.74, 6) is -0.0945. The lowest BCUT2D eigenvalue weighted by Crippen LogP contribution is -2.11. The summed E-state index contributed by atoms with van der Waals surface area (Å²) < 4.78 is 1.11. The molecule has 0 fully saturated rings. The molecule has 98 valence electrons. The van der Waals surface area contributed by atoms with Crippen LogP contribution in [0, 0.1) is 3.57 Å². The Morgan fingerprint density at radius 3 is 2.26 bits per heavy atom. The fourth-order valence-corrected chi connectivity index (χ4v) is 2.09. The Hall–Kier alpha value is -1.40. The number of halogens is 1. The van der Waals surface area contributed by atoms with Crippen LogP contribution >= 0.6 is 22.6 Å². The van der Waals surface area contributed by atoms with E-state index in [1.165, 1.54) is 5.56 Å². The standard InChI is InChI=1S/C15H15IN2O/c16-13-5-3-12(4-6-13)15(19)18-14-7-1-11(2-8-14)9-10-17/h1-8H,9-10,17H2,(H,18,19). The van der Waals surface area contributed by atoms with Crippen molar-refractivity contribution in [3.8, 4) is 0 Å². The third-order valence-electron chi connectivity index (χ3n) is 2.75. The largest absolute Gasteiger partial charge is 0.330 e. The lowest BCUT2D eigenvalue weighted by molar-refractivity contribution is 0.102. The minimum Gasteiger partial charge on any atom is -0.330 e. The molecule has 2 aromatic rings. The van der Waals surface area contributed by atoms with Gasteiger partial charge in [-0.05, 0) is 77.5 Å². The third kappa shape index (κ3) is 4.04. The summed E-state index contributed by atoms with van der Waals surface area (Å²) in [6.45, 7) is 0.633. The molecule has 0 saturated carbocycles. The Bertz CT molecular complexity index is 549. The van der Waals surface area contributed by atoms with Crippen molar-refractivity contribution in [3.63, 3.8) is 0 Å². The number of benzene rings is 2. The minimum absolute atomic E-state index is 0.0945. The van der Waals surface area contributed by atoms with E-state index in [-0.39, 0.29) is 5.91 Å². The van der Waals surface area contributed by atoms with Crippen LogP contribution in [0.15, 0.2) is 48.5 Å². The van der Waals surface area contributed by atoms with Crippen LogP contribution in [0.1, 0.15) is 15.9 Å². The van der Waals surface area contributed by atoms with Crippen molar-refractivity contribution < 1.29 is 4.79 Å². The molecule has 0 aliphatic rings. The highest BCUT2D eigenvalue weighted by atomic mass is 127. The fraction of sp³-hybridized carbons (Fsp3) is 0.133. The molecule has 4 heteroatoms. The molecular weight excluding hydrogens is 351 g/mol. The highest BCUT2D eigenvalue weighted by molar-refractivity contribution is 14.1. The maximum absolute atomic E-state index is 12.0. The summed E-state index contributed by atoms with van der Waals surface area (Å²) in [5, 5.41) is 2.87. The molecule has 0 heterocycles. The number of carbonyl (C=O) groups is 1. The lowest BCUT2D eigenvalue weighted by atomic mass is 10.1. The average Bonchev–Trinajstić information content (AvgIpc) is 2.42. The number of carbonyl (C=O) groups excluding carboxylic acids is 1. The summed E-state index contributed by atoms with van der Waals surface area (Å²) in [4.78, 5) is 12.0. The monoisotopic (exact) mass is 366 g/mol. The van der Waals surface area contributed by atoms with E-state index in [0.717, 1.165) is 15.7 Å². The van der Waals surface area contributed by atoms with E-state index in [2.05, 4.69) is 27.9 Å². The molecule has 2 aromatic carbocycles. The highest BCUT2D eigenvalue weighted by Gasteiger charge is 2.05. The molecule has 3 N–H and O–H groups in total. The van der Waals surface area contributed by atoms with Crippen LogP contribution in [0.5, 0.6) is 0 Å². The van der Waals surface area contributed by atoms with Crippen LogP contribution in [0.3, 0.4) is 0 Å². The van der Waals surface area contributed by atoms with Gasteiger partial charge in [0.05, 0.1) is 0 Å². The van der Waals surface area contributed by atoms with E-state index < -0.39 is 0 Å².